The van der Waals surface area contributed by atoms with Crippen LogP contribution in [0.4, 0.5) is 18.9 Å². The molecule has 4 aromatic rings. The molecule has 10 heteroatoms. The number of halogens is 4. The van der Waals surface area contributed by atoms with Crippen LogP contribution < -0.4 is 5.32 Å². The van der Waals surface area contributed by atoms with E-state index < -0.39 is 17.6 Å². The van der Waals surface area contributed by atoms with E-state index in [1.54, 1.807) is 12.1 Å². The number of rotatable bonds is 6. The molecule has 3 aromatic carbocycles. The summed E-state index contributed by atoms with van der Waals surface area (Å²) in [6.07, 6.45) is -4.49. The van der Waals surface area contributed by atoms with Gasteiger partial charge < -0.3 is 5.32 Å². The first-order chi connectivity index (χ1) is 16.2. The SMILES string of the molecule is Cc1ccc(-n2c(SCC(=O)Nc3cccc(C(F)(F)F)c3)nnc2-c2ccc(Cl)cc2)cc1. The summed E-state index contributed by atoms with van der Waals surface area (Å²) in [7, 11) is 0. The zero-order chi connectivity index (χ0) is 24.3. The molecule has 0 saturated heterocycles. The normalized spacial score (nSPS) is 11.4. The van der Waals surface area contributed by atoms with Crippen LogP contribution >= 0.6 is 23.4 Å². The third kappa shape index (κ3) is 5.60. The van der Waals surface area contributed by atoms with Gasteiger partial charge in [0.15, 0.2) is 11.0 Å². The lowest BCUT2D eigenvalue weighted by Crippen LogP contribution is -2.15. The van der Waals surface area contributed by atoms with Crippen molar-refractivity contribution >= 4 is 35.0 Å². The van der Waals surface area contributed by atoms with Gasteiger partial charge in [0.1, 0.15) is 0 Å². The van der Waals surface area contributed by atoms with Gasteiger partial charge in [-0.1, -0.05) is 47.1 Å². The minimum Gasteiger partial charge on any atom is -0.325 e. The summed E-state index contributed by atoms with van der Waals surface area (Å²) < 4.78 is 40.6. The van der Waals surface area contributed by atoms with Crippen LogP contribution in [0.1, 0.15) is 11.1 Å². The maximum Gasteiger partial charge on any atom is 0.416 e. The lowest BCUT2D eigenvalue weighted by atomic mass is 10.2. The molecule has 5 nitrogen and oxygen atoms in total. The fourth-order valence-corrected chi connectivity index (χ4v) is 4.05. The van der Waals surface area contributed by atoms with Crippen molar-refractivity contribution in [3.63, 3.8) is 0 Å². The van der Waals surface area contributed by atoms with Crippen molar-refractivity contribution in [1.82, 2.24) is 14.8 Å². The molecule has 174 valence electrons. The van der Waals surface area contributed by atoms with E-state index >= 15 is 0 Å². The number of nitrogens with one attached hydrogen (secondary N) is 1. The molecule has 0 saturated carbocycles. The minimum atomic E-state index is -4.49. The Bertz CT molecular complexity index is 1310. The van der Waals surface area contributed by atoms with E-state index in [0.29, 0.717) is 16.0 Å². The number of nitrogens with zero attached hydrogens (tertiary/aromatic N) is 3. The van der Waals surface area contributed by atoms with Crippen molar-refractivity contribution in [2.24, 2.45) is 0 Å². The maximum atomic E-state index is 12.9. The van der Waals surface area contributed by atoms with Crippen molar-refractivity contribution < 1.29 is 18.0 Å². The van der Waals surface area contributed by atoms with E-state index in [0.717, 1.165) is 40.7 Å². The molecule has 0 aliphatic heterocycles. The van der Waals surface area contributed by atoms with Crippen LogP contribution in [0, 0.1) is 6.92 Å². The summed E-state index contributed by atoms with van der Waals surface area (Å²) in [5.41, 5.74) is 1.92. The summed E-state index contributed by atoms with van der Waals surface area (Å²) in [5, 5.41) is 12.1. The summed E-state index contributed by atoms with van der Waals surface area (Å²) in [6.45, 7) is 1.98. The van der Waals surface area contributed by atoms with E-state index in [-0.39, 0.29) is 11.4 Å². The lowest BCUT2D eigenvalue weighted by molar-refractivity contribution is -0.137. The largest absolute Gasteiger partial charge is 0.416 e. The van der Waals surface area contributed by atoms with Crippen LogP contribution in [-0.4, -0.2) is 26.4 Å². The second-order valence-corrected chi connectivity index (χ2v) is 8.78. The number of carbonyl (C=O) groups is 1. The molecular formula is C24H18ClF3N4OS. The fourth-order valence-electron chi connectivity index (χ4n) is 3.18. The Balaban J connectivity index is 1.57. The van der Waals surface area contributed by atoms with Gasteiger partial charge in [0.05, 0.1) is 11.3 Å². The van der Waals surface area contributed by atoms with Gasteiger partial charge in [-0.3, -0.25) is 9.36 Å². The third-order valence-electron chi connectivity index (χ3n) is 4.83. The molecule has 1 amide bonds. The van der Waals surface area contributed by atoms with Gasteiger partial charge >= 0.3 is 6.18 Å². The molecular weight excluding hydrogens is 485 g/mol. The molecule has 0 aliphatic carbocycles. The highest BCUT2D eigenvalue weighted by Gasteiger charge is 2.30. The zero-order valence-electron chi connectivity index (χ0n) is 17.8. The number of aromatic nitrogens is 3. The number of amides is 1. The van der Waals surface area contributed by atoms with Crippen LogP contribution in [0.5, 0.6) is 0 Å². The maximum absolute atomic E-state index is 12.9. The number of thioether (sulfide) groups is 1. The van der Waals surface area contributed by atoms with E-state index in [1.165, 1.54) is 12.1 Å². The predicted molar refractivity (Wildman–Crippen MR) is 127 cm³/mol. The second kappa shape index (κ2) is 9.90. The molecule has 1 heterocycles. The van der Waals surface area contributed by atoms with Crippen LogP contribution in [-0.2, 0) is 11.0 Å². The van der Waals surface area contributed by atoms with Gasteiger partial charge in [-0.25, -0.2) is 0 Å². The number of alkyl halides is 3. The van der Waals surface area contributed by atoms with Gasteiger partial charge in [0, 0.05) is 22.0 Å². The van der Waals surface area contributed by atoms with Gasteiger partial charge in [-0.2, -0.15) is 13.2 Å². The Morgan fingerprint density at radius 3 is 2.41 bits per heavy atom. The number of aryl methyl sites for hydroxylation is 1. The molecule has 4 rings (SSSR count). The Morgan fingerprint density at radius 2 is 1.74 bits per heavy atom. The molecule has 0 bridgehead atoms. The second-order valence-electron chi connectivity index (χ2n) is 7.40. The fraction of sp³-hybridized carbons (Fsp3) is 0.125. The van der Waals surface area contributed by atoms with Crippen molar-refractivity contribution in [2.75, 3.05) is 11.1 Å². The Hall–Kier alpha value is -3.30. The molecule has 0 unspecified atom stereocenters. The number of hydrogen-bond acceptors (Lipinski definition) is 4. The first kappa shape index (κ1) is 23.8. The first-order valence-corrected chi connectivity index (χ1v) is 11.5. The van der Waals surface area contributed by atoms with Gasteiger partial charge in [-0.05, 0) is 61.5 Å². The first-order valence-electron chi connectivity index (χ1n) is 10.1. The monoisotopic (exact) mass is 502 g/mol. The van der Waals surface area contributed by atoms with Crippen molar-refractivity contribution in [2.45, 2.75) is 18.3 Å². The van der Waals surface area contributed by atoms with Gasteiger partial charge in [0.2, 0.25) is 5.91 Å². The summed E-state index contributed by atoms with van der Waals surface area (Å²) in [4.78, 5) is 12.5. The van der Waals surface area contributed by atoms with Crippen LogP contribution in [0.15, 0.2) is 78.0 Å². The molecule has 0 atom stereocenters. The molecule has 34 heavy (non-hydrogen) atoms. The highest BCUT2D eigenvalue weighted by molar-refractivity contribution is 7.99. The van der Waals surface area contributed by atoms with E-state index in [4.69, 9.17) is 11.6 Å². The minimum absolute atomic E-state index is 0.0686. The molecule has 1 N–H and O–H groups in total. The smallest absolute Gasteiger partial charge is 0.325 e. The third-order valence-corrected chi connectivity index (χ3v) is 6.01. The van der Waals surface area contributed by atoms with Gasteiger partial charge in [-0.15, -0.1) is 10.2 Å². The lowest BCUT2D eigenvalue weighted by Gasteiger charge is -2.12. The highest BCUT2D eigenvalue weighted by atomic mass is 35.5. The van der Waals surface area contributed by atoms with Crippen molar-refractivity contribution in [1.29, 1.82) is 0 Å². The quantitative estimate of drug-likeness (QED) is 0.300. The van der Waals surface area contributed by atoms with E-state index in [1.807, 2.05) is 47.9 Å². The topological polar surface area (TPSA) is 59.8 Å². The number of anilines is 1. The van der Waals surface area contributed by atoms with E-state index in [9.17, 15) is 18.0 Å². The molecule has 0 spiro atoms. The number of benzene rings is 3. The average Bonchev–Trinajstić information content (AvgIpc) is 3.22. The Labute approximate surface area is 203 Å². The van der Waals surface area contributed by atoms with E-state index in [2.05, 4.69) is 15.5 Å². The van der Waals surface area contributed by atoms with Crippen LogP contribution in [0.3, 0.4) is 0 Å². The van der Waals surface area contributed by atoms with Crippen molar-refractivity contribution in [3.8, 4) is 17.1 Å². The summed E-state index contributed by atoms with van der Waals surface area (Å²) in [6, 6.07) is 19.4. The zero-order valence-corrected chi connectivity index (χ0v) is 19.4. The van der Waals surface area contributed by atoms with Crippen LogP contribution in [0.2, 0.25) is 5.02 Å². The molecule has 0 radical (unpaired) electrons. The average molecular weight is 503 g/mol. The molecule has 1 aromatic heterocycles. The molecule has 0 aliphatic rings. The predicted octanol–water partition coefficient (Wildman–Crippen LogP) is 6.65. The summed E-state index contributed by atoms with van der Waals surface area (Å²) in [5.74, 6) is 0.0399. The number of carbonyl (C=O) groups excluding carboxylic acids is 1. The highest BCUT2D eigenvalue weighted by Crippen LogP contribution is 2.31. The van der Waals surface area contributed by atoms with Gasteiger partial charge in [0.25, 0.3) is 0 Å². The molecule has 0 fully saturated rings. The van der Waals surface area contributed by atoms with Crippen molar-refractivity contribution in [3.05, 3.63) is 88.9 Å². The summed E-state index contributed by atoms with van der Waals surface area (Å²) >= 11 is 7.14. The Kier molecular flexibility index (Phi) is 6.95. The van der Waals surface area contributed by atoms with Crippen LogP contribution in [0.25, 0.3) is 17.1 Å². The number of hydrogen-bond donors (Lipinski definition) is 1. The standard InChI is InChI=1S/C24H18ClF3N4OS/c1-15-5-11-20(12-6-15)32-22(16-7-9-18(25)10-8-16)30-31-23(32)34-14-21(33)29-19-4-2-3-17(13-19)24(26,27)28/h2-13H,14H2,1H3,(H,29,33). The Morgan fingerprint density at radius 1 is 1.03 bits per heavy atom.